The van der Waals surface area contributed by atoms with Crippen molar-refractivity contribution in [3.05, 3.63) is 53.9 Å². The Morgan fingerprint density at radius 3 is 2.57 bits per heavy atom. The highest BCUT2D eigenvalue weighted by atomic mass is 32.2. The maximum absolute atomic E-state index is 12.3. The highest BCUT2D eigenvalue weighted by molar-refractivity contribution is 7.92. The molecular weight excluding hydrogens is 286 g/mol. The van der Waals surface area contributed by atoms with E-state index in [1.54, 1.807) is 37.4 Å². The quantitative estimate of drug-likeness (QED) is 0.841. The van der Waals surface area contributed by atoms with Crippen molar-refractivity contribution in [1.29, 1.82) is 0 Å². The van der Waals surface area contributed by atoms with Crippen LogP contribution in [0.4, 0.5) is 5.69 Å². The number of pyridine rings is 1. The molecule has 1 aromatic heterocycles. The number of hydrogen-bond donors (Lipinski definition) is 2. The lowest BCUT2D eigenvalue weighted by molar-refractivity contribution is 0.601. The number of nitrogens with one attached hydrogen (secondary N) is 1. The summed E-state index contributed by atoms with van der Waals surface area (Å²) in [6.07, 6.45) is 1.61. The second kappa shape index (κ2) is 6.39. The Labute approximate surface area is 124 Å². The van der Waals surface area contributed by atoms with E-state index in [2.05, 4.69) is 21.5 Å². The second-order valence-corrected chi connectivity index (χ2v) is 5.95. The van der Waals surface area contributed by atoms with Crippen molar-refractivity contribution in [2.24, 2.45) is 5.73 Å². The minimum absolute atomic E-state index is 0.170. The molecule has 3 N–H and O–H groups in total. The van der Waals surface area contributed by atoms with Crippen molar-refractivity contribution in [3.63, 3.8) is 0 Å². The van der Waals surface area contributed by atoms with E-state index >= 15 is 0 Å². The van der Waals surface area contributed by atoms with Gasteiger partial charge in [-0.3, -0.25) is 9.71 Å². The van der Waals surface area contributed by atoms with E-state index in [1.165, 1.54) is 12.1 Å². The van der Waals surface area contributed by atoms with Crippen LogP contribution in [0.15, 0.2) is 47.5 Å². The van der Waals surface area contributed by atoms with Gasteiger partial charge in [0.05, 0.1) is 22.8 Å². The molecule has 0 atom stereocenters. The van der Waals surface area contributed by atoms with E-state index < -0.39 is 10.0 Å². The van der Waals surface area contributed by atoms with Crippen molar-refractivity contribution < 1.29 is 8.42 Å². The summed E-state index contributed by atoms with van der Waals surface area (Å²) in [6, 6.07) is 9.65. The molecule has 5 nitrogen and oxygen atoms in total. The molecule has 0 saturated carbocycles. The number of aryl methyl sites for hydroxylation is 1. The maximum atomic E-state index is 12.3. The van der Waals surface area contributed by atoms with Gasteiger partial charge in [0.1, 0.15) is 0 Å². The smallest absolute Gasteiger partial charge is 0.261 e. The van der Waals surface area contributed by atoms with Gasteiger partial charge in [-0.2, -0.15) is 0 Å². The van der Waals surface area contributed by atoms with Crippen LogP contribution in [0.1, 0.15) is 11.3 Å². The van der Waals surface area contributed by atoms with Gasteiger partial charge >= 0.3 is 0 Å². The van der Waals surface area contributed by atoms with Gasteiger partial charge in [-0.25, -0.2) is 8.42 Å². The molecule has 0 saturated heterocycles. The van der Waals surface area contributed by atoms with Crippen LogP contribution in [-0.4, -0.2) is 19.9 Å². The number of nitrogens with zero attached hydrogens (tertiary/aromatic N) is 1. The molecule has 0 aliphatic carbocycles. The highest BCUT2D eigenvalue weighted by Crippen LogP contribution is 2.18. The minimum atomic E-state index is -3.64. The zero-order valence-electron chi connectivity index (χ0n) is 11.5. The van der Waals surface area contributed by atoms with Crippen molar-refractivity contribution >= 4 is 15.7 Å². The van der Waals surface area contributed by atoms with Gasteiger partial charge in [0.25, 0.3) is 10.0 Å². The van der Waals surface area contributed by atoms with Crippen LogP contribution in [0.25, 0.3) is 0 Å². The first-order chi connectivity index (χ1) is 10.0. The first kappa shape index (κ1) is 15.0. The second-order valence-electron chi connectivity index (χ2n) is 4.27. The molecular formula is C15H15N3O2S. The molecule has 0 amide bonds. The molecule has 108 valence electrons. The summed E-state index contributed by atoms with van der Waals surface area (Å²) in [5, 5.41) is 0. The molecule has 0 fully saturated rings. The number of anilines is 1. The third kappa shape index (κ3) is 3.81. The van der Waals surface area contributed by atoms with Gasteiger partial charge in [0, 0.05) is 11.8 Å². The largest absolute Gasteiger partial charge is 0.320 e. The fourth-order valence-electron chi connectivity index (χ4n) is 1.67. The molecule has 0 spiro atoms. The molecule has 0 aliphatic rings. The molecule has 0 bridgehead atoms. The van der Waals surface area contributed by atoms with Gasteiger partial charge in [-0.1, -0.05) is 11.8 Å². The Bertz CT molecular complexity index is 788. The third-order valence-electron chi connectivity index (χ3n) is 2.75. The standard InChI is InChI=1S/C15H15N3O2S/c1-12-15(5-3-11-17-12)18-21(19,20)14-8-6-13(7-9-14)4-2-10-16/h3,5-9,11,18H,10,16H2,1H3. The lowest BCUT2D eigenvalue weighted by Crippen LogP contribution is -2.14. The van der Waals surface area contributed by atoms with Crippen molar-refractivity contribution in [1.82, 2.24) is 4.98 Å². The summed E-state index contributed by atoms with van der Waals surface area (Å²) in [5.41, 5.74) is 7.09. The lowest BCUT2D eigenvalue weighted by Gasteiger charge is -2.09. The van der Waals surface area contributed by atoms with Gasteiger partial charge < -0.3 is 5.73 Å². The monoisotopic (exact) mass is 301 g/mol. The third-order valence-corrected chi connectivity index (χ3v) is 4.13. The Balaban J connectivity index is 2.26. The first-order valence-electron chi connectivity index (χ1n) is 6.26. The zero-order chi connectivity index (χ0) is 15.3. The summed E-state index contributed by atoms with van der Waals surface area (Å²) in [6.45, 7) is 2.01. The fraction of sp³-hybridized carbons (Fsp3) is 0.133. The van der Waals surface area contributed by atoms with Gasteiger partial charge in [-0.05, 0) is 43.3 Å². The van der Waals surface area contributed by atoms with E-state index in [4.69, 9.17) is 5.73 Å². The van der Waals surface area contributed by atoms with Crippen LogP contribution < -0.4 is 10.5 Å². The SMILES string of the molecule is Cc1ncccc1NS(=O)(=O)c1ccc(C#CCN)cc1. The van der Waals surface area contributed by atoms with Gasteiger partial charge in [-0.15, -0.1) is 0 Å². The van der Waals surface area contributed by atoms with Gasteiger partial charge in [0.2, 0.25) is 0 Å². The Hall–Kier alpha value is -2.36. The number of nitrogens with two attached hydrogens (primary N) is 1. The Morgan fingerprint density at radius 1 is 1.24 bits per heavy atom. The molecule has 6 heteroatoms. The summed E-state index contributed by atoms with van der Waals surface area (Å²) < 4.78 is 27.1. The number of sulfonamides is 1. The molecule has 1 heterocycles. The molecule has 2 rings (SSSR count). The van der Waals surface area contributed by atoms with Crippen LogP contribution in [0.5, 0.6) is 0 Å². The summed E-state index contributed by atoms with van der Waals surface area (Å²) >= 11 is 0. The van der Waals surface area contributed by atoms with Crippen molar-refractivity contribution in [2.75, 3.05) is 11.3 Å². The van der Waals surface area contributed by atoms with E-state index in [0.717, 1.165) is 5.56 Å². The van der Waals surface area contributed by atoms with E-state index in [1.807, 2.05) is 0 Å². The van der Waals surface area contributed by atoms with Crippen molar-refractivity contribution in [3.8, 4) is 11.8 Å². The average Bonchev–Trinajstić information content (AvgIpc) is 2.48. The molecule has 21 heavy (non-hydrogen) atoms. The molecule has 0 aliphatic heterocycles. The molecule has 0 unspecified atom stereocenters. The molecule has 2 aromatic rings. The van der Waals surface area contributed by atoms with Gasteiger partial charge in [0.15, 0.2) is 0 Å². The van der Waals surface area contributed by atoms with Crippen LogP contribution in [0, 0.1) is 18.8 Å². The Kier molecular flexibility index (Phi) is 4.58. The zero-order valence-corrected chi connectivity index (χ0v) is 12.3. The molecule has 1 aromatic carbocycles. The number of aromatic nitrogens is 1. The Morgan fingerprint density at radius 2 is 1.95 bits per heavy atom. The summed E-state index contributed by atoms with van der Waals surface area (Å²) in [5.74, 6) is 5.56. The van der Waals surface area contributed by atoms with Crippen LogP contribution >= 0.6 is 0 Å². The first-order valence-corrected chi connectivity index (χ1v) is 7.75. The maximum Gasteiger partial charge on any atom is 0.261 e. The lowest BCUT2D eigenvalue weighted by atomic mass is 10.2. The van der Waals surface area contributed by atoms with E-state index in [-0.39, 0.29) is 11.4 Å². The number of hydrogen-bond acceptors (Lipinski definition) is 4. The highest BCUT2D eigenvalue weighted by Gasteiger charge is 2.15. The molecule has 0 radical (unpaired) electrons. The topological polar surface area (TPSA) is 85.1 Å². The van der Waals surface area contributed by atoms with Crippen LogP contribution in [0.2, 0.25) is 0 Å². The number of benzene rings is 1. The minimum Gasteiger partial charge on any atom is -0.320 e. The van der Waals surface area contributed by atoms with E-state index in [0.29, 0.717) is 11.4 Å². The summed E-state index contributed by atoms with van der Waals surface area (Å²) in [4.78, 5) is 4.22. The van der Waals surface area contributed by atoms with E-state index in [9.17, 15) is 8.42 Å². The normalized spacial score (nSPS) is 10.6. The predicted molar refractivity (Wildman–Crippen MR) is 82.2 cm³/mol. The van der Waals surface area contributed by atoms with Crippen molar-refractivity contribution in [2.45, 2.75) is 11.8 Å². The predicted octanol–water partition coefficient (Wildman–Crippen LogP) is 1.50. The van der Waals surface area contributed by atoms with Crippen LogP contribution in [-0.2, 0) is 10.0 Å². The summed E-state index contributed by atoms with van der Waals surface area (Å²) in [7, 11) is -3.64. The number of rotatable bonds is 3. The van der Waals surface area contributed by atoms with Crippen LogP contribution in [0.3, 0.4) is 0 Å². The fourth-order valence-corrected chi connectivity index (χ4v) is 2.78. The average molecular weight is 301 g/mol.